The lowest BCUT2D eigenvalue weighted by atomic mass is 10.1. The van der Waals surface area contributed by atoms with Crippen LogP contribution in [0.5, 0.6) is 0 Å². The van der Waals surface area contributed by atoms with E-state index in [1.165, 1.54) is 18.2 Å². The molecule has 0 bridgehead atoms. The van der Waals surface area contributed by atoms with Gasteiger partial charge in [0.15, 0.2) is 0 Å². The maximum atomic E-state index is 12.3. The zero-order chi connectivity index (χ0) is 20.9. The van der Waals surface area contributed by atoms with Crippen molar-refractivity contribution in [2.75, 3.05) is 17.1 Å². The second-order valence-corrected chi connectivity index (χ2v) is 8.00. The van der Waals surface area contributed by atoms with Crippen LogP contribution in [-0.2, 0) is 14.8 Å². The molecule has 1 N–H and O–H groups in total. The van der Waals surface area contributed by atoms with Crippen LogP contribution in [0.15, 0.2) is 53.6 Å². The number of para-hydroxylation sites is 1. The third-order valence-corrected chi connectivity index (χ3v) is 5.02. The van der Waals surface area contributed by atoms with E-state index in [2.05, 4.69) is 10.5 Å². The minimum atomic E-state index is -3.69. The molecule has 0 saturated carbocycles. The van der Waals surface area contributed by atoms with Gasteiger partial charge in [-0.2, -0.15) is 5.10 Å². The molecule has 148 valence electrons. The third-order valence-electron chi connectivity index (χ3n) is 3.89. The molecule has 1 amide bonds. The molecule has 0 spiro atoms. The zero-order valence-electron chi connectivity index (χ0n) is 15.6. The van der Waals surface area contributed by atoms with Crippen molar-refractivity contribution in [1.82, 2.24) is 5.43 Å². The Balaban J connectivity index is 2.17. The van der Waals surface area contributed by atoms with E-state index in [-0.39, 0.29) is 5.69 Å². The molecule has 0 atom stereocenters. The van der Waals surface area contributed by atoms with Gasteiger partial charge in [0.1, 0.15) is 6.54 Å². The summed E-state index contributed by atoms with van der Waals surface area (Å²) in [5.41, 5.74) is 4.12. The van der Waals surface area contributed by atoms with Crippen molar-refractivity contribution < 1.29 is 18.1 Å². The number of rotatable bonds is 7. The Morgan fingerprint density at radius 1 is 1.21 bits per heavy atom. The van der Waals surface area contributed by atoms with E-state index in [4.69, 9.17) is 0 Å². The summed E-state index contributed by atoms with van der Waals surface area (Å²) in [6, 6.07) is 12.6. The molecule has 9 nitrogen and oxygen atoms in total. The number of benzene rings is 2. The molecular weight excluding hydrogens is 384 g/mol. The molecule has 2 rings (SSSR count). The van der Waals surface area contributed by atoms with E-state index >= 15 is 0 Å². The van der Waals surface area contributed by atoms with Crippen molar-refractivity contribution in [2.45, 2.75) is 13.8 Å². The Hall–Kier alpha value is -3.27. The van der Waals surface area contributed by atoms with Crippen LogP contribution in [-0.4, -0.2) is 37.8 Å². The number of nitrogens with zero attached hydrogens (tertiary/aromatic N) is 3. The first-order valence-corrected chi connectivity index (χ1v) is 10.1. The van der Waals surface area contributed by atoms with Gasteiger partial charge in [-0.05, 0) is 25.5 Å². The van der Waals surface area contributed by atoms with Gasteiger partial charge in [0.25, 0.3) is 11.6 Å². The Morgan fingerprint density at radius 2 is 1.89 bits per heavy atom. The first-order chi connectivity index (χ1) is 13.1. The predicted molar refractivity (Wildman–Crippen MR) is 107 cm³/mol. The Bertz CT molecular complexity index is 1030. The molecule has 0 aliphatic carbocycles. The van der Waals surface area contributed by atoms with Crippen LogP contribution in [0.2, 0.25) is 0 Å². The molecule has 2 aromatic carbocycles. The van der Waals surface area contributed by atoms with Crippen molar-refractivity contribution >= 4 is 33.0 Å². The quantitative estimate of drug-likeness (QED) is 0.431. The number of hydrazone groups is 1. The monoisotopic (exact) mass is 404 g/mol. The highest BCUT2D eigenvalue weighted by Crippen LogP contribution is 2.21. The summed E-state index contributed by atoms with van der Waals surface area (Å²) in [4.78, 5) is 22.6. The van der Waals surface area contributed by atoms with Crippen LogP contribution < -0.4 is 9.73 Å². The fourth-order valence-electron chi connectivity index (χ4n) is 2.45. The van der Waals surface area contributed by atoms with Crippen LogP contribution in [0.25, 0.3) is 0 Å². The minimum Gasteiger partial charge on any atom is -0.271 e. The van der Waals surface area contributed by atoms with Crippen LogP contribution in [0.4, 0.5) is 11.4 Å². The molecular formula is C18H20N4O5S. The van der Waals surface area contributed by atoms with Crippen molar-refractivity contribution in [3.05, 3.63) is 69.8 Å². The van der Waals surface area contributed by atoms with Gasteiger partial charge in [0.05, 0.1) is 22.6 Å². The predicted octanol–water partition coefficient (Wildman–Crippen LogP) is 2.21. The van der Waals surface area contributed by atoms with Gasteiger partial charge in [-0.25, -0.2) is 13.8 Å². The lowest BCUT2D eigenvalue weighted by Gasteiger charge is -2.23. The lowest BCUT2D eigenvalue weighted by molar-refractivity contribution is -0.384. The number of aryl methyl sites for hydroxylation is 1. The van der Waals surface area contributed by atoms with Gasteiger partial charge in [0.2, 0.25) is 10.0 Å². The largest absolute Gasteiger partial charge is 0.271 e. The molecule has 0 unspecified atom stereocenters. The summed E-state index contributed by atoms with van der Waals surface area (Å²) >= 11 is 0. The van der Waals surface area contributed by atoms with E-state index in [9.17, 15) is 23.3 Å². The van der Waals surface area contributed by atoms with Gasteiger partial charge in [-0.3, -0.25) is 19.2 Å². The Kier molecular flexibility index (Phi) is 6.47. The SMILES string of the molecule is C/C(=N/NC(=O)CN(c1ccccc1C)S(C)(=O)=O)c1cccc([N+](=O)[O-])c1. The molecule has 0 aromatic heterocycles. The number of anilines is 1. The fraction of sp³-hybridized carbons (Fsp3) is 0.222. The summed E-state index contributed by atoms with van der Waals surface area (Å²) in [5, 5.41) is 14.8. The summed E-state index contributed by atoms with van der Waals surface area (Å²) in [6.07, 6.45) is 1.02. The van der Waals surface area contributed by atoms with Crippen molar-refractivity contribution in [1.29, 1.82) is 0 Å². The summed E-state index contributed by atoms with van der Waals surface area (Å²) in [7, 11) is -3.69. The summed E-state index contributed by atoms with van der Waals surface area (Å²) in [6.45, 7) is 2.88. The molecule has 0 aliphatic rings. The highest BCUT2D eigenvalue weighted by molar-refractivity contribution is 7.92. The highest BCUT2D eigenvalue weighted by atomic mass is 32.2. The minimum absolute atomic E-state index is 0.0961. The van der Waals surface area contributed by atoms with E-state index in [1.807, 2.05) is 0 Å². The number of carbonyl (C=O) groups is 1. The smallest absolute Gasteiger partial charge is 0.270 e. The van der Waals surface area contributed by atoms with E-state index in [0.29, 0.717) is 22.5 Å². The number of nitrogens with one attached hydrogen (secondary N) is 1. The number of amides is 1. The Labute approximate surface area is 162 Å². The number of hydrogen-bond acceptors (Lipinski definition) is 6. The number of carbonyl (C=O) groups excluding carboxylic acids is 1. The standard InChI is InChI=1S/C18H20N4O5S/c1-13-7-4-5-10-17(13)21(28(3,26)27)12-18(23)20-19-14(2)15-8-6-9-16(11-15)22(24)25/h4-11H,12H2,1-3H3,(H,20,23)/b19-14-. The van der Waals surface area contributed by atoms with Crippen LogP contribution in [0, 0.1) is 17.0 Å². The first kappa shape index (κ1) is 21.0. The third kappa shape index (κ3) is 5.36. The second-order valence-electron chi connectivity index (χ2n) is 6.10. The highest BCUT2D eigenvalue weighted by Gasteiger charge is 2.22. The number of sulfonamides is 1. The summed E-state index contributed by atoms with van der Waals surface area (Å²) < 4.78 is 25.2. The van der Waals surface area contributed by atoms with Crippen LogP contribution in [0.3, 0.4) is 0 Å². The summed E-state index contributed by atoms with van der Waals surface area (Å²) in [5.74, 6) is -0.640. The maximum Gasteiger partial charge on any atom is 0.270 e. The zero-order valence-corrected chi connectivity index (χ0v) is 16.4. The molecule has 28 heavy (non-hydrogen) atoms. The van der Waals surface area contributed by atoms with Gasteiger partial charge in [-0.1, -0.05) is 30.3 Å². The lowest BCUT2D eigenvalue weighted by Crippen LogP contribution is -2.39. The number of non-ortho nitro benzene ring substituents is 1. The van der Waals surface area contributed by atoms with Crippen LogP contribution in [0.1, 0.15) is 18.1 Å². The van der Waals surface area contributed by atoms with Gasteiger partial charge < -0.3 is 0 Å². The average Bonchev–Trinajstić information content (AvgIpc) is 2.64. The van der Waals surface area contributed by atoms with Gasteiger partial charge in [-0.15, -0.1) is 0 Å². The first-order valence-electron chi connectivity index (χ1n) is 8.21. The topological polar surface area (TPSA) is 122 Å². The van der Waals surface area contributed by atoms with Crippen molar-refractivity contribution in [3.63, 3.8) is 0 Å². The van der Waals surface area contributed by atoms with E-state index in [1.54, 1.807) is 44.2 Å². The maximum absolute atomic E-state index is 12.3. The molecule has 0 saturated heterocycles. The number of nitro benzene ring substituents is 1. The molecule has 0 aliphatic heterocycles. The molecule has 0 fully saturated rings. The number of hydrogen-bond donors (Lipinski definition) is 1. The second kappa shape index (κ2) is 8.61. The fourth-order valence-corrected chi connectivity index (χ4v) is 3.36. The number of nitro groups is 1. The van der Waals surface area contributed by atoms with Crippen LogP contribution >= 0.6 is 0 Å². The van der Waals surface area contributed by atoms with Crippen molar-refractivity contribution in [3.8, 4) is 0 Å². The van der Waals surface area contributed by atoms with Crippen molar-refractivity contribution in [2.24, 2.45) is 5.10 Å². The normalized spacial score (nSPS) is 11.8. The molecule has 0 heterocycles. The average molecular weight is 404 g/mol. The van der Waals surface area contributed by atoms with Gasteiger partial charge in [0, 0.05) is 17.7 Å². The van der Waals surface area contributed by atoms with E-state index in [0.717, 1.165) is 10.6 Å². The Morgan fingerprint density at radius 3 is 2.50 bits per heavy atom. The molecule has 10 heteroatoms. The van der Waals surface area contributed by atoms with Gasteiger partial charge >= 0.3 is 0 Å². The molecule has 0 radical (unpaired) electrons. The van der Waals surface area contributed by atoms with E-state index < -0.39 is 27.4 Å². The molecule has 2 aromatic rings.